The molecule has 0 radical (unpaired) electrons. The van der Waals surface area contributed by atoms with E-state index in [-0.39, 0.29) is 11.6 Å². The maximum atomic E-state index is 10.6. The predicted molar refractivity (Wildman–Crippen MR) is 69.2 cm³/mol. The molecule has 0 atom stereocenters. The first-order valence-electron chi connectivity index (χ1n) is 5.28. The lowest BCUT2D eigenvalue weighted by atomic mass is 10.2. The number of nitro benzene ring substituents is 1. The lowest BCUT2D eigenvalue weighted by molar-refractivity contribution is -0.384. The zero-order valence-electron chi connectivity index (χ0n) is 10.0. The van der Waals surface area contributed by atoms with Gasteiger partial charge in [0.25, 0.3) is 11.6 Å². The van der Waals surface area contributed by atoms with E-state index in [1.807, 2.05) is 0 Å². The Morgan fingerprint density at radius 2 is 2.32 bits per heavy atom. The number of anilines is 1. The van der Waals surface area contributed by atoms with Crippen LogP contribution in [0.3, 0.4) is 0 Å². The number of aromatic nitrogens is 3. The summed E-state index contributed by atoms with van der Waals surface area (Å²) in [6.45, 7) is 1.70. The Morgan fingerprint density at radius 1 is 1.53 bits per heavy atom. The van der Waals surface area contributed by atoms with Crippen molar-refractivity contribution in [3.05, 3.63) is 45.8 Å². The smallest absolute Gasteiger partial charge is 0.270 e. The number of benzene rings is 1. The molecular formula is C10H11N7O2. The summed E-state index contributed by atoms with van der Waals surface area (Å²) in [5, 5.41) is 22.0. The third-order valence-electron chi connectivity index (χ3n) is 2.33. The van der Waals surface area contributed by atoms with E-state index in [0.29, 0.717) is 11.4 Å². The summed E-state index contributed by atoms with van der Waals surface area (Å²) in [6, 6.07) is 6.08. The maximum Gasteiger partial charge on any atom is 0.270 e. The first-order valence-corrected chi connectivity index (χ1v) is 5.28. The van der Waals surface area contributed by atoms with E-state index in [1.54, 1.807) is 19.1 Å². The molecule has 0 aliphatic heterocycles. The molecule has 9 heteroatoms. The number of nitrogens with zero attached hydrogens (tertiary/aromatic N) is 5. The zero-order chi connectivity index (χ0) is 13.8. The van der Waals surface area contributed by atoms with Crippen LogP contribution in [0.1, 0.15) is 11.4 Å². The van der Waals surface area contributed by atoms with Crippen LogP contribution in [0.2, 0.25) is 0 Å². The molecule has 1 heterocycles. The van der Waals surface area contributed by atoms with E-state index >= 15 is 0 Å². The number of hydrogen-bond acceptors (Lipinski definition) is 7. The van der Waals surface area contributed by atoms with Gasteiger partial charge in [0.05, 0.1) is 11.1 Å². The molecule has 0 bridgehead atoms. The lowest BCUT2D eigenvalue weighted by Gasteiger charge is -1.99. The van der Waals surface area contributed by atoms with E-state index in [1.165, 1.54) is 23.0 Å². The number of nitrogens with one attached hydrogen (secondary N) is 1. The quantitative estimate of drug-likeness (QED) is 0.360. The molecule has 0 spiro atoms. The van der Waals surface area contributed by atoms with Gasteiger partial charge in [-0.05, 0) is 6.92 Å². The summed E-state index contributed by atoms with van der Waals surface area (Å²) in [5.41, 5.74) is 3.18. The second-order valence-corrected chi connectivity index (χ2v) is 3.66. The molecule has 2 rings (SSSR count). The molecule has 0 amide bonds. The minimum Gasteiger partial charge on any atom is -0.335 e. The van der Waals surface area contributed by atoms with Crippen molar-refractivity contribution in [3.8, 4) is 0 Å². The monoisotopic (exact) mass is 261 g/mol. The highest BCUT2D eigenvalue weighted by Gasteiger charge is 2.05. The van der Waals surface area contributed by atoms with Crippen molar-refractivity contribution >= 4 is 17.9 Å². The third-order valence-corrected chi connectivity index (χ3v) is 2.33. The Bertz CT molecular complexity index is 635. The average Bonchev–Trinajstić information content (AvgIpc) is 2.71. The predicted octanol–water partition coefficient (Wildman–Crippen LogP) is 0.655. The second kappa shape index (κ2) is 5.12. The van der Waals surface area contributed by atoms with Gasteiger partial charge in [0.1, 0.15) is 0 Å². The zero-order valence-corrected chi connectivity index (χ0v) is 10.0. The van der Waals surface area contributed by atoms with E-state index < -0.39 is 4.92 Å². The molecule has 2 aromatic rings. The van der Waals surface area contributed by atoms with Gasteiger partial charge in [-0.15, -0.1) is 10.2 Å². The van der Waals surface area contributed by atoms with Crippen molar-refractivity contribution in [1.29, 1.82) is 0 Å². The molecule has 1 aromatic heterocycles. The molecular weight excluding hydrogens is 250 g/mol. The Balaban J connectivity index is 2.09. The van der Waals surface area contributed by atoms with E-state index in [9.17, 15) is 10.1 Å². The molecule has 0 unspecified atom stereocenters. The molecule has 3 N–H and O–H groups in total. The number of hydrogen-bond donors (Lipinski definition) is 2. The van der Waals surface area contributed by atoms with E-state index in [4.69, 9.17) is 5.84 Å². The highest BCUT2D eigenvalue weighted by molar-refractivity contribution is 5.81. The van der Waals surface area contributed by atoms with Gasteiger partial charge < -0.3 is 5.84 Å². The molecule has 19 heavy (non-hydrogen) atoms. The Labute approximate surface area is 107 Å². The molecule has 0 saturated heterocycles. The number of non-ortho nitro benzene ring substituents is 1. The minimum absolute atomic E-state index is 0.00165. The van der Waals surface area contributed by atoms with Crippen molar-refractivity contribution < 1.29 is 4.92 Å². The van der Waals surface area contributed by atoms with Gasteiger partial charge in [0.2, 0.25) is 0 Å². The van der Waals surface area contributed by atoms with Crippen LogP contribution in [-0.4, -0.2) is 26.0 Å². The SMILES string of the molecule is Cc1nnc(N/N=C\c2cccc([N+](=O)[O-])c2)n1N. The van der Waals surface area contributed by atoms with E-state index in [0.717, 1.165) is 0 Å². The fraction of sp³-hybridized carbons (Fsp3) is 0.100. The number of aryl methyl sites for hydroxylation is 1. The lowest BCUT2D eigenvalue weighted by Crippen LogP contribution is -2.13. The first kappa shape index (κ1) is 12.5. The highest BCUT2D eigenvalue weighted by Crippen LogP contribution is 2.11. The minimum atomic E-state index is -0.468. The van der Waals surface area contributed by atoms with Gasteiger partial charge in [-0.2, -0.15) is 5.10 Å². The number of hydrazone groups is 1. The van der Waals surface area contributed by atoms with Crippen molar-refractivity contribution in [3.63, 3.8) is 0 Å². The summed E-state index contributed by atoms with van der Waals surface area (Å²) in [5.74, 6) is 6.42. The van der Waals surface area contributed by atoms with Gasteiger partial charge in [-0.25, -0.2) is 10.1 Å². The molecule has 1 aromatic carbocycles. The molecule has 0 aliphatic carbocycles. The van der Waals surface area contributed by atoms with Gasteiger partial charge >= 0.3 is 0 Å². The van der Waals surface area contributed by atoms with Crippen LogP contribution >= 0.6 is 0 Å². The van der Waals surface area contributed by atoms with Crippen LogP contribution in [0.15, 0.2) is 29.4 Å². The summed E-state index contributed by atoms with van der Waals surface area (Å²) in [6.07, 6.45) is 1.43. The van der Waals surface area contributed by atoms with Gasteiger partial charge in [0.15, 0.2) is 5.82 Å². The Morgan fingerprint density at radius 3 is 2.95 bits per heavy atom. The van der Waals surface area contributed by atoms with Crippen LogP contribution in [0.4, 0.5) is 11.6 Å². The van der Waals surface area contributed by atoms with Crippen LogP contribution < -0.4 is 11.3 Å². The van der Waals surface area contributed by atoms with Gasteiger partial charge in [0, 0.05) is 17.7 Å². The molecule has 0 saturated carbocycles. The second-order valence-electron chi connectivity index (χ2n) is 3.66. The van der Waals surface area contributed by atoms with Crippen LogP contribution in [-0.2, 0) is 0 Å². The number of rotatable bonds is 4. The van der Waals surface area contributed by atoms with E-state index in [2.05, 4.69) is 20.7 Å². The number of nitrogen functional groups attached to an aromatic ring is 1. The third kappa shape index (κ3) is 2.83. The first-order chi connectivity index (χ1) is 9.08. The summed E-state index contributed by atoms with van der Waals surface area (Å²) in [7, 11) is 0. The highest BCUT2D eigenvalue weighted by atomic mass is 16.6. The number of nitro groups is 1. The standard InChI is InChI=1S/C10H11N7O2/c1-7-13-15-10(16(7)11)14-12-6-8-3-2-4-9(5-8)17(18)19/h2-6H,11H2,1H3,(H,14,15)/b12-6-. The van der Waals surface area contributed by atoms with Crippen molar-refractivity contribution in [2.24, 2.45) is 5.10 Å². The fourth-order valence-corrected chi connectivity index (χ4v) is 1.33. The van der Waals surface area contributed by atoms with Gasteiger partial charge in [-0.3, -0.25) is 10.1 Å². The summed E-state index contributed by atoms with van der Waals surface area (Å²) in [4.78, 5) is 10.1. The topological polar surface area (TPSA) is 124 Å². The summed E-state index contributed by atoms with van der Waals surface area (Å²) >= 11 is 0. The number of nitrogens with two attached hydrogens (primary N) is 1. The van der Waals surface area contributed by atoms with Gasteiger partial charge in [-0.1, -0.05) is 12.1 Å². The molecule has 0 fully saturated rings. The van der Waals surface area contributed by atoms with Crippen LogP contribution in [0.5, 0.6) is 0 Å². The fourth-order valence-electron chi connectivity index (χ4n) is 1.33. The van der Waals surface area contributed by atoms with Crippen molar-refractivity contribution in [2.75, 3.05) is 11.3 Å². The van der Waals surface area contributed by atoms with Crippen LogP contribution in [0, 0.1) is 17.0 Å². The van der Waals surface area contributed by atoms with Crippen molar-refractivity contribution in [1.82, 2.24) is 14.9 Å². The molecule has 98 valence electrons. The van der Waals surface area contributed by atoms with Crippen LogP contribution in [0.25, 0.3) is 0 Å². The summed E-state index contributed by atoms with van der Waals surface area (Å²) < 4.78 is 1.24. The average molecular weight is 261 g/mol. The normalized spacial score (nSPS) is 10.8. The Hall–Kier alpha value is -2.97. The maximum absolute atomic E-state index is 10.6. The largest absolute Gasteiger partial charge is 0.335 e. The molecule has 0 aliphatic rings. The molecule has 9 nitrogen and oxygen atoms in total. The van der Waals surface area contributed by atoms with Crippen molar-refractivity contribution in [2.45, 2.75) is 6.92 Å². The Kier molecular flexibility index (Phi) is 3.37.